The summed E-state index contributed by atoms with van der Waals surface area (Å²) in [7, 11) is 1.49. The Labute approximate surface area is 153 Å². The Hall–Kier alpha value is -3.24. The van der Waals surface area contributed by atoms with Gasteiger partial charge in [0.1, 0.15) is 17.0 Å². The average Bonchev–Trinajstić information content (AvgIpc) is 3.22. The first kappa shape index (κ1) is 16.2. The van der Waals surface area contributed by atoms with Crippen molar-refractivity contribution < 1.29 is 9.59 Å². The van der Waals surface area contributed by atoms with Gasteiger partial charge in [0.2, 0.25) is 0 Å². The molecule has 0 saturated heterocycles. The fraction of sp³-hybridized carbons (Fsp3) is 0.158. The molecule has 0 saturated carbocycles. The number of anilines is 1. The average molecular weight is 362 g/mol. The molecular weight excluding hydrogens is 348 g/mol. The molecule has 7 heteroatoms. The Morgan fingerprint density at radius 2 is 2.00 bits per heavy atom. The number of aromatic nitrogens is 2. The second-order valence-electron chi connectivity index (χ2n) is 5.77. The van der Waals surface area contributed by atoms with Crippen molar-refractivity contribution in [3.63, 3.8) is 0 Å². The summed E-state index contributed by atoms with van der Waals surface area (Å²) in [6.07, 6.45) is 2.17. The lowest BCUT2D eigenvalue weighted by atomic mass is 10.1. The minimum Gasteiger partial charge on any atom is -0.368 e. The van der Waals surface area contributed by atoms with Crippen LogP contribution in [0.25, 0.3) is 10.2 Å². The van der Waals surface area contributed by atoms with E-state index < -0.39 is 0 Å². The molecule has 0 fully saturated rings. The first-order valence-corrected chi connectivity index (χ1v) is 8.90. The number of amides is 2. The summed E-state index contributed by atoms with van der Waals surface area (Å²) in [6.45, 7) is 0.653. The number of rotatable bonds is 3. The second kappa shape index (κ2) is 6.58. The lowest BCUT2D eigenvalue weighted by Crippen LogP contribution is -2.24. The third-order valence-corrected chi connectivity index (χ3v) is 4.95. The van der Waals surface area contributed by atoms with Gasteiger partial charge in [-0.2, -0.15) is 0 Å². The molecule has 2 aromatic heterocycles. The summed E-state index contributed by atoms with van der Waals surface area (Å²) in [5.41, 5.74) is 1.58. The SMILES string of the molecule is CN1C(=O)c2ccc(C#CCCNc3ncnc4sccc34)cc2C1=O. The van der Waals surface area contributed by atoms with E-state index in [1.165, 1.54) is 7.05 Å². The molecule has 0 bridgehead atoms. The molecule has 4 rings (SSSR count). The van der Waals surface area contributed by atoms with Gasteiger partial charge in [-0.3, -0.25) is 14.5 Å². The molecule has 0 unspecified atom stereocenters. The maximum absolute atomic E-state index is 12.0. The normalized spacial score (nSPS) is 12.9. The lowest BCUT2D eigenvalue weighted by Gasteiger charge is -2.03. The predicted molar refractivity (Wildman–Crippen MR) is 100 cm³/mol. The summed E-state index contributed by atoms with van der Waals surface area (Å²) in [5, 5.41) is 6.27. The molecule has 1 aromatic carbocycles. The first-order chi connectivity index (χ1) is 12.6. The van der Waals surface area contributed by atoms with E-state index in [4.69, 9.17) is 0 Å². The van der Waals surface area contributed by atoms with Crippen LogP contribution in [-0.4, -0.2) is 40.3 Å². The van der Waals surface area contributed by atoms with Gasteiger partial charge in [-0.05, 0) is 29.6 Å². The maximum atomic E-state index is 12.0. The second-order valence-corrected chi connectivity index (χ2v) is 6.66. The van der Waals surface area contributed by atoms with Crippen LogP contribution in [0.15, 0.2) is 36.0 Å². The van der Waals surface area contributed by atoms with Crippen molar-refractivity contribution in [1.82, 2.24) is 14.9 Å². The Balaban J connectivity index is 1.41. The smallest absolute Gasteiger partial charge is 0.261 e. The largest absolute Gasteiger partial charge is 0.368 e. The van der Waals surface area contributed by atoms with E-state index in [2.05, 4.69) is 27.1 Å². The van der Waals surface area contributed by atoms with Crippen LogP contribution in [0.3, 0.4) is 0 Å². The van der Waals surface area contributed by atoms with Crippen LogP contribution in [-0.2, 0) is 0 Å². The number of hydrogen-bond acceptors (Lipinski definition) is 6. The third-order valence-electron chi connectivity index (χ3n) is 4.13. The standard InChI is InChI=1S/C19H14N4O2S/c1-23-18(24)13-6-5-12(10-15(13)19(23)25)4-2-3-8-20-16-14-7-9-26-17(14)22-11-21-16/h5-7,9-11H,3,8H2,1H3,(H,20,21,22). The van der Waals surface area contributed by atoms with Crippen LogP contribution in [0, 0.1) is 11.8 Å². The third kappa shape index (κ3) is 2.80. The van der Waals surface area contributed by atoms with Gasteiger partial charge in [-0.15, -0.1) is 11.3 Å². The monoisotopic (exact) mass is 362 g/mol. The molecule has 3 aromatic rings. The minimum atomic E-state index is -0.279. The maximum Gasteiger partial charge on any atom is 0.261 e. The van der Waals surface area contributed by atoms with Gasteiger partial charge >= 0.3 is 0 Å². The number of thiophene rings is 1. The van der Waals surface area contributed by atoms with Crippen molar-refractivity contribution >= 4 is 39.2 Å². The molecule has 6 nitrogen and oxygen atoms in total. The molecule has 1 N–H and O–H groups in total. The van der Waals surface area contributed by atoms with Crippen LogP contribution in [0.5, 0.6) is 0 Å². The summed E-state index contributed by atoms with van der Waals surface area (Å²) in [4.78, 5) is 34.4. The topological polar surface area (TPSA) is 75.2 Å². The van der Waals surface area contributed by atoms with Crippen molar-refractivity contribution in [2.45, 2.75) is 6.42 Å². The molecule has 1 aliphatic heterocycles. The summed E-state index contributed by atoms with van der Waals surface area (Å²) in [6, 6.07) is 7.10. The summed E-state index contributed by atoms with van der Waals surface area (Å²) < 4.78 is 0. The Morgan fingerprint density at radius 1 is 1.15 bits per heavy atom. The van der Waals surface area contributed by atoms with Crippen molar-refractivity contribution in [2.75, 3.05) is 18.9 Å². The first-order valence-electron chi connectivity index (χ1n) is 8.02. The molecule has 1 aliphatic rings. The number of benzene rings is 1. The lowest BCUT2D eigenvalue weighted by molar-refractivity contribution is 0.0693. The molecular formula is C19H14N4O2S. The number of carbonyl (C=O) groups excluding carboxylic acids is 2. The van der Waals surface area contributed by atoms with E-state index in [0.29, 0.717) is 24.1 Å². The summed E-state index contributed by atoms with van der Waals surface area (Å²) in [5.74, 6) is 6.38. The van der Waals surface area contributed by atoms with E-state index >= 15 is 0 Å². The van der Waals surface area contributed by atoms with E-state index in [0.717, 1.165) is 26.5 Å². The minimum absolute atomic E-state index is 0.265. The number of imide groups is 1. The van der Waals surface area contributed by atoms with Crippen LogP contribution in [0.4, 0.5) is 5.82 Å². The molecule has 26 heavy (non-hydrogen) atoms. The fourth-order valence-corrected chi connectivity index (χ4v) is 3.51. The van der Waals surface area contributed by atoms with Gasteiger partial charge in [-0.1, -0.05) is 11.8 Å². The highest BCUT2D eigenvalue weighted by Crippen LogP contribution is 2.24. The molecule has 0 atom stereocenters. The number of fused-ring (bicyclic) bond motifs is 2. The molecule has 0 radical (unpaired) electrons. The zero-order valence-corrected chi connectivity index (χ0v) is 14.8. The Morgan fingerprint density at radius 3 is 2.88 bits per heavy atom. The van der Waals surface area contributed by atoms with Crippen molar-refractivity contribution in [3.05, 3.63) is 52.7 Å². The highest BCUT2D eigenvalue weighted by molar-refractivity contribution is 7.16. The van der Waals surface area contributed by atoms with Crippen molar-refractivity contribution in [3.8, 4) is 11.8 Å². The van der Waals surface area contributed by atoms with E-state index in [-0.39, 0.29) is 11.8 Å². The van der Waals surface area contributed by atoms with Crippen LogP contribution in [0.1, 0.15) is 32.7 Å². The zero-order chi connectivity index (χ0) is 18.1. The Kier molecular flexibility index (Phi) is 4.11. The Bertz CT molecular complexity index is 1090. The van der Waals surface area contributed by atoms with E-state index in [1.807, 2.05) is 11.4 Å². The number of carbonyl (C=O) groups is 2. The molecule has 3 heterocycles. The van der Waals surface area contributed by atoms with Crippen molar-refractivity contribution in [1.29, 1.82) is 0 Å². The highest BCUT2D eigenvalue weighted by atomic mass is 32.1. The van der Waals surface area contributed by atoms with Gasteiger partial charge in [-0.25, -0.2) is 9.97 Å². The van der Waals surface area contributed by atoms with Gasteiger partial charge < -0.3 is 5.32 Å². The number of hydrogen-bond donors (Lipinski definition) is 1. The highest BCUT2D eigenvalue weighted by Gasteiger charge is 2.32. The fourth-order valence-electron chi connectivity index (χ4n) is 2.78. The quantitative estimate of drug-likeness (QED) is 0.440. The molecule has 0 aliphatic carbocycles. The van der Waals surface area contributed by atoms with Crippen LogP contribution < -0.4 is 5.32 Å². The van der Waals surface area contributed by atoms with Gasteiger partial charge in [0.05, 0.1) is 16.5 Å². The predicted octanol–water partition coefficient (Wildman–Crippen LogP) is 2.77. The molecule has 2 amide bonds. The number of nitrogens with zero attached hydrogens (tertiary/aromatic N) is 3. The molecule has 128 valence electrons. The number of nitrogens with one attached hydrogen (secondary N) is 1. The molecule has 0 spiro atoms. The van der Waals surface area contributed by atoms with E-state index in [9.17, 15) is 9.59 Å². The van der Waals surface area contributed by atoms with Crippen LogP contribution >= 0.6 is 11.3 Å². The summed E-state index contributed by atoms with van der Waals surface area (Å²) >= 11 is 1.58. The van der Waals surface area contributed by atoms with Crippen LogP contribution in [0.2, 0.25) is 0 Å². The van der Waals surface area contributed by atoms with E-state index in [1.54, 1.807) is 35.9 Å². The van der Waals surface area contributed by atoms with Gasteiger partial charge in [0, 0.05) is 25.6 Å². The van der Waals surface area contributed by atoms with Crippen molar-refractivity contribution in [2.24, 2.45) is 0 Å². The van der Waals surface area contributed by atoms with Gasteiger partial charge in [0.25, 0.3) is 11.8 Å². The zero-order valence-electron chi connectivity index (χ0n) is 13.9. The van der Waals surface area contributed by atoms with Gasteiger partial charge in [0.15, 0.2) is 0 Å².